The predicted molar refractivity (Wildman–Crippen MR) is 126 cm³/mol. The predicted octanol–water partition coefficient (Wildman–Crippen LogP) is 4.09. The quantitative estimate of drug-likeness (QED) is 0.381. The summed E-state index contributed by atoms with van der Waals surface area (Å²) in [6.07, 6.45) is 0. The van der Waals surface area contributed by atoms with Gasteiger partial charge in [-0.1, -0.05) is 55.8 Å². The monoisotopic (exact) mass is 488 g/mol. The summed E-state index contributed by atoms with van der Waals surface area (Å²) >= 11 is 3.45. The molecule has 0 spiro atoms. The first-order valence-electron chi connectivity index (χ1n) is 10.3. The highest BCUT2D eigenvalue weighted by Crippen LogP contribution is 2.39. The van der Waals surface area contributed by atoms with Crippen molar-refractivity contribution in [2.24, 2.45) is 10.8 Å². The van der Waals surface area contributed by atoms with Crippen molar-refractivity contribution < 1.29 is 19.8 Å². The van der Waals surface area contributed by atoms with Gasteiger partial charge >= 0.3 is 0 Å². The van der Waals surface area contributed by atoms with Gasteiger partial charge in [0.05, 0.1) is 16.7 Å². The second-order valence-corrected chi connectivity index (χ2v) is 10.4. The summed E-state index contributed by atoms with van der Waals surface area (Å²) < 4.78 is 0.559. The van der Waals surface area contributed by atoms with Gasteiger partial charge < -0.3 is 20.8 Å². The molecule has 0 aromatic heterocycles. The van der Waals surface area contributed by atoms with E-state index in [0.717, 1.165) is 0 Å². The number of rotatable bonds is 8. The van der Waals surface area contributed by atoms with Gasteiger partial charge in [-0.25, -0.2) is 0 Å². The minimum absolute atomic E-state index is 0.00446. The number of nitrogens with one attached hydrogen (secondary N) is 2. The highest BCUT2D eigenvalue weighted by Gasteiger charge is 2.35. The zero-order valence-corrected chi connectivity index (χ0v) is 19.9. The summed E-state index contributed by atoms with van der Waals surface area (Å²) in [7, 11) is 0. The molecule has 1 aliphatic carbocycles. The van der Waals surface area contributed by atoms with Gasteiger partial charge in [-0.3, -0.25) is 9.59 Å². The molecule has 0 bridgehead atoms. The van der Waals surface area contributed by atoms with Crippen LogP contribution in [0.2, 0.25) is 0 Å². The lowest BCUT2D eigenvalue weighted by molar-refractivity contribution is 0.0979. The maximum Gasteiger partial charge on any atom is 0.197 e. The Morgan fingerprint density at radius 3 is 1.87 bits per heavy atom. The highest BCUT2D eigenvalue weighted by molar-refractivity contribution is 9.10. The topological polar surface area (TPSA) is 98.7 Å². The second-order valence-electron chi connectivity index (χ2n) is 9.58. The molecular weight excluding hydrogens is 460 g/mol. The van der Waals surface area contributed by atoms with E-state index in [-0.39, 0.29) is 35.6 Å². The van der Waals surface area contributed by atoms with Crippen LogP contribution in [0.25, 0.3) is 0 Å². The van der Waals surface area contributed by atoms with Gasteiger partial charge in [0.1, 0.15) is 0 Å². The van der Waals surface area contributed by atoms with E-state index in [2.05, 4.69) is 26.6 Å². The van der Waals surface area contributed by atoms with Crippen LogP contribution in [-0.2, 0) is 0 Å². The van der Waals surface area contributed by atoms with Crippen molar-refractivity contribution in [2.45, 2.75) is 27.7 Å². The lowest BCUT2D eigenvalue weighted by atomic mass is 9.82. The molecule has 0 unspecified atom stereocenters. The Balaban J connectivity index is 2.05. The smallest absolute Gasteiger partial charge is 0.197 e. The molecule has 0 aliphatic heterocycles. The Kier molecular flexibility index (Phi) is 6.60. The number of halogens is 1. The molecule has 1 aliphatic rings. The fourth-order valence-corrected chi connectivity index (χ4v) is 3.87. The molecule has 0 fully saturated rings. The molecule has 4 N–H and O–H groups in total. The number of hydrogen-bond acceptors (Lipinski definition) is 6. The van der Waals surface area contributed by atoms with E-state index in [1.54, 1.807) is 30.3 Å². The van der Waals surface area contributed by atoms with E-state index < -0.39 is 0 Å². The molecule has 2 aromatic rings. The zero-order valence-electron chi connectivity index (χ0n) is 18.3. The van der Waals surface area contributed by atoms with E-state index in [4.69, 9.17) is 0 Å². The van der Waals surface area contributed by atoms with E-state index in [1.807, 2.05) is 27.7 Å². The number of aliphatic hydroxyl groups excluding tert-OH is 2. The van der Waals surface area contributed by atoms with Crippen molar-refractivity contribution >= 4 is 38.9 Å². The van der Waals surface area contributed by atoms with Crippen LogP contribution in [0.1, 0.15) is 59.5 Å². The third-order valence-electron chi connectivity index (χ3n) is 5.52. The third kappa shape index (κ3) is 4.68. The van der Waals surface area contributed by atoms with Crippen LogP contribution >= 0.6 is 15.9 Å². The molecule has 166 valence electrons. The van der Waals surface area contributed by atoms with Crippen molar-refractivity contribution in [3.63, 3.8) is 0 Å². The van der Waals surface area contributed by atoms with Crippen molar-refractivity contribution in [3.05, 3.63) is 57.1 Å². The minimum Gasteiger partial charge on any atom is -0.396 e. The van der Waals surface area contributed by atoms with Crippen LogP contribution in [0.4, 0.5) is 11.4 Å². The van der Waals surface area contributed by atoms with Gasteiger partial charge in [0.2, 0.25) is 0 Å². The summed E-state index contributed by atoms with van der Waals surface area (Å²) in [5.41, 5.74) is 1.77. The van der Waals surface area contributed by atoms with Crippen LogP contribution < -0.4 is 10.6 Å². The maximum absolute atomic E-state index is 13.6. The van der Waals surface area contributed by atoms with Gasteiger partial charge in [-0.2, -0.15) is 0 Å². The van der Waals surface area contributed by atoms with Crippen molar-refractivity contribution in [1.82, 2.24) is 0 Å². The number of ketones is 2. The molecule has 3 rings (SSSR count). The number of carbonyl (C=O) groups is 2. The van der Waals surface area contributed by atoms with Crippen LogP contribution in [0.5, 0.6) is 0 Å². The van der Waals surface area contributed by atoms with Gasteiger partial charge in [0.25, 0.3) is 0 Å². The lowest BCUT2D eigenvalue weighted by Gasteiger charge is -2.28. The average molecular weight is 489 g/mol. The summed E-state index contributed by atoms with van der Waals surface area (Å²) in [5.74, 6) is -0.452. The molecule has 0 atom stereocenters. The Morgan fingerprint density at radius 1 is 0.774 bits per heavy atom. The lowest BCUT2D eigenvalue weighted by Crippen LogP contribution is -2.30. The molecule has 0 radical (unpaired) electrons. The number of fused-ring (bicyclic) bond motifs is 2. The Bertz CT molecular complexity index is 1030. The Labute approximate surface area is 191 Å². The fourth-order valence-electron chi connectivity index (χ4n) is 3.36. The van der Waals surface area contributed by atoms with Crippen LogP contribution in [0.3, 0.4) is 0 Å². The van der Waals surface area contributed by atoms with Crippen LogP contribution in [0, 0.1) is 10.8 Å². The van der Waals surface area contributed by atoms with Crippen molar-refractivity contribution in [2.75, 3.05) is 36.9 Å². The standard InChI is InChI=1S/C24H29BrN2O4/c1-23(2,12-28)10-26-16-7-5-6-14-18(16)22(31)19-15(25)8-9-17(20(19)21(14)30)27-11-24(3,4)13-29/h5-9,26-29H,10-13H2,1-4H3. The molecule has 2 aromatic carbocycles. The number of benzene rings is 2. The number of hydrogen-bond donors (Lipinski definition) is 4. The van der Waals surface area contributed by atoms with E-state index >= 15 is 0 Å². The first-order chi connectivity index (χ1) is 14.5. The van der Waals surface area contributed by atoms with Gasteiger partial charge in [-0.15, -0.1) is 0 Å². The van der Waals surface area contributed by atoms with E-state index in [0.29, 0.717) is 51.2 Å². The van der Waals surface area contributed by atoms with Crippen molar-refractivity contribution in [3.8, 4) is 0 Å². The van der Waals surface area contributed by atoms with Crippen LogP contribution in [-0.4, -0.2) is 48.1 Å². The van der Waals surface area contributed by atoms with Gasteiger partial charge in [0, 0.05) is 58.5 Å². The molecule has 0 saturated heterocycles. The highest BCUT2D eigenvalue weighted by atomic mass is 79.9. The summed E-state index contributed by atoms with van der Waals surface area (Å²) in [4.78, 5) is 27.1. The number of anilines is 2. The molecule has 0 saturated carbocycles. The molecule has 6 nitrogen and oxygen atoms in total. The number of carbonyl (C=O) groups excluding carboxylic acids is 2. The molecule has 0 amide bonds. The molecule has 0 heterocycles. The maximum atomic E-state index is 13.6. The zero-order chi connectivity index (χ0) is 23.0. The summed E-state index contributed by atoms with van der Waals surface area (Å²) in [6, 6.07) is 8.74. The van der Waals surface area contributed by atoms with Crippen LogP contribution in [0.15, 0.2) is 34.8 Å². The summed E-state index contributed by atoms with van der Waals surface area (Å²) in [6.45, 7) is 8.55. The van der Waals surface area contributed by atoms with Gasteiger partial charge in [-0.05, 0) is 18.2 Å². The summed E-state index contributed by atoms with van der Waals surface area (Å²) in [5, 5.41) is 25.6. The Morgan fingerprint density at radius 2 is 1.32 bits per heavy atom. The van der Waals surface area contributed by atoms with Gasteiger partial charge in [0.15, 0.2) is 11.6 Å². The first kappa shape index (κ1) is 23.4. The molecular formula is C24H29BrN2O4. The average Bonchev–Trinajstić information content (AvgIpc) is 2.74. The largest absolute Gasteiger partial charge is 0.396 e. The number of aliphatic hydroxyl groups is 2. The molecule has 31 heavy (non-hydrogen) atoms. The minimum atomic E-state index is -0.379. The molecule has 7 heteroatoms. The van der Waals surface area contributed by atoms with E-state index in [1.165, 1.54) is 0 Å². The Hall–Kier alpha value is -2.22. The van der Waals surface area contributed by atoms with Crippen molar-refractivity contribution in [1.29, 1.82) is 0 Å². The second kappa shape index (κ2) is 8.73. The SMILES string of the molecule is CC(C)(CO)CNc1cccc2c1C(=O)c1c(Br)ccc(NCC(C)(C)CO)c1C2=O. The first-order valence-corrected chi connectivity index (χ1v) is 11.0. The fraction of sp³-hybridized carbons (Fsp3) is 0.417. The van der Waals surface area contributed by atoms with E-state index in [9.17, 15) is 19.8 Å². The normalized spacial score (nSPS) is 13.6. The third-order valence-corrected chi connectivity index (χ3v) is 6.18.